The Bertz CT molecular complexity index is 594. The summed E-state index contributed by atoms with van der Waals surface area (Å²) in [5.41, 5.74) is 6.28. The smallest absolute Gasteiger partial charge is 0.337 e. The van der Waals surface area contributed by atoms with Crippen LogP contribution in [0.4, 0.5) is 11.4 Å². The molecular formula is C13H15N3O2S. The highest BCUT2D eigenvalue weighted by Crippen LogP contribution is 2.29. The largest absolute Gasteiger partial charge is 0.478 e. The molecule has 0 amide bonds. The minimum absolute atomic E-state index is 0.157. The Morgan fingerprint density at radius 3 is 2.79 bits per heavy atom. The van der Waals surface area contributed by atoms with Crippen LogP contribution in [0, 0.1) is 0 Å². The Balaban J connectivity index is 2.36. The van der Waals surface area contributed by atoms with Crippen LogP contribution in [0.15, 0.2) is 29.8 Å². The van der Waals surface area contributed by atoms with Crippen molar-refractivity contribution in [1.29, 1.82) is 0 Å². The first-order valence-electron chi connectivity index (χ1n) is 5.71. The SMILES string of the molecule is CC(C)(Nc1ccc(N)cc1C(=O)O)c1nccs1. The third kappa shape index (κ3) is 2.85. The number of anilines is 2. The number of hydrogen-bond donors (Lipinski definition) is 3. The fraction of sp³-hybridized carbons (Fsp3) is 0.231. The predicted octanol–water partition coefficient (Wildman–Crippen LogP) is 2.77. The summed E-state index contributed by atoms with van der Waals surface area (Å²) < 4.78 is 0. The highest BCUT2D eigenvalue weighted by Gasteiger charge is 2.25. The van der Waals surface area contributed by atoms with E-state index in [-0.39, 0.29) is 5.56 Å². The summed E-state index contributed by atoms with van der Waals surface area (Å²) in [6, 6.07) is 4.80. The van der Waals surface area contributed by atoms with Crippen molar-refractivity contribution in [2.45, 2.75) is 19.4 Å². The van der Waals surface area contributed by atoms with Crippen molar-refractivity contribution in [3.05, 3.63) is 40.3 Å². The van der Waals surface area contributed by atoms with E-state index >= 15 is 0 Å². The van der Waals surface area contributed by atoms with E-state index in [0.717, 1.165) is 5.01 Å². The molecule has 0 unspecified atom stereocenters. The molecule has 0 saturated heterocycles. The number of aromatic carboxylic acids is 1. The fourth-order valence-electron chi connectivity index (χ4n) is 1.77. The standard InChI is InChI=1S/C13H15N3O2S/c1-13(2,12-15-5-6-19-12)16-10-4-3-8(14)7-9(10)11(17)18/h3-7,16H,14H2,1-2H3,(H,17,18). The number of carboxylic acids is 1. The Morgan fingerprint density at radius 2 is 2.21 bits per heavy atom. The number of carboxylic acid groups (broad SMARTS) is 1. The van der Waals surface area contributed by atoms with Gasteiger partial charge in [0.2, 0.25) is 0 Å². The lowest BCUT2D eigenvalue weighted by molar-refractivity contribution is 0.0698. The van der Waals surface area contributed by atoms with Crippen molar-refractivity contribution in [2.24, 2.45) is 0 Å². The van der Waals surface area contributed by atoms with E-state index in [9.17, 15) is 9.90 Å². The van der Waals surface area contributed by atoms with Gasteiger partial charge in [-0.2, -0.15) is 0 Å². The molecule has 0 aliphatic carbocycles. The van der Waals surface area contributed by atoms with Gasteiger partial charge >= 0.3 is 5.97 Å². The van der Waals surface area contributed by atoms with Crippen LogP contribution in [0.2, 0.25) is 0 Å². The first kappa shape index (κ1) is 13.4. The Morgan fingerprint density at radius 1 is 1.47 bits per heavy atom. The number of hydrogen-bond acceptors (Lipinski definition) is 5. The number of rotatable bonds is 4. The van der Waals surface area contributed by atoms with Crippen LogP contribution in [0.25, 0.3) is 0 Å². The molecule has 100 valence electrons. The van der Waals surface area contributed by atoms with E-state index < -0.39 is 11.5 Å². The topological polar surface area (TPSA) is 88.2 Å². The zero-order valence-corrected chi connectivity index (χ0v) is 11.5. The molecule has 19 heavy (non-hydrogen) atoms. The zero-order chi connectivity index (χ0) is 14.0. The molecule has 2 rings (SSSR count). The molecule has 1 aromatic carbocycles. The monoisotopic (exact) mass is 277 g/mol. The Labute approximate surface area is 115 Å². The molecule has 4 N–H and O–H groups in total. The third-order valence-electron chi connectivity index (χ3n) is 2.69. The summed E-state index contributed by atoms with van der Waals surface area (Å²) in [5, 5.41) is 15.2. The van der Waals surface area contributed by atoms with E-state index in [1.807, 2.05) is 19.2 Å². The lowest BCUT2D eigenvalue weighted by Crippen LogP contribution is -2.28. The maximum atomic E-state index is 11.2. The van der Waals surface area contributed by atoms with Crippen molar-refractivity contribution in [3.63, 3.8) is 0 Å². The Hall–Kier alpha value is -2.08. The van der Waals surface area contributed by atoms with Gasteiger partial charge in [0.25, 0.3) is 0 Å². The number of nitrogens with two attached hydrogens (primary N) is 1. The average Bonchev–Trinajstić information content (AvgIpc) is 2.85. The lowest BCUT2D eigenvalue weighted by Gasteiger charge is -2.26. The van der Waals surface area contributed by atoms with Crippen molar-refractivity contribution >= 4 is 28.7 Å². The molecule has 0 fully saturated rings. The summed E-state index contributed by atoms with van der Waals surface area (Å²) in [5.74, 6) is -1.01. The van der Waals surface area contributed by atoms with Gasteiger partial charge in [0.05, 0.1) is 11.1 Å². The minimum Gasteiger partial charge on any atom is -0.478 e. The maximum Gasteiger partial charge on any atom is 0.337 e. The molecule has 0 radical (unpaired) electrons. The van der Waals surface area contributed by atoms with Crippen LogP contribution in [-0.4, -0.2) is 16.1 Å². The number of thiazole rings is 1. The van der Waals surface area contributed by atoms with E-state index in [2.05, 4.69) is 10.3 Å². The van der Waals surface area contributed by atoms with Gasteiger partial charge in [0.1, 0.15) is 5.01 Å². The van der Waals surface area contributed by atoms with Crippen LogP contribution >= 0.6 is 11.3 Å². The molecule has 1 heterocycles. The van der Waals surface area contributed by atoms with Gasteiger partial charge < -0.3 is 16.2 Å². The van der Waals surface area contributed by atoms with Crippen LogP contribution in [-0.2, 0) is 5.54 Å². The first-order chi connectivity index (χ1) is 8.90. The molecule has 5 nitrogen and oxygen atoms in total. The number of aromatic nitrogens is 1. The number of carbonyl (C=O) groups is 1. The molecular weight excluding hydrogens is 262 g/mol. The van der Waals surface area contributed by atoms with Gasteiger partial charge in [-0.3, -0.25) is 0 Å². The van der Waals surface area contributed by atoms with Crippen LogP contribution in [0.5, 0.6) is 0 Å². The molecule has 0 aliphatic rings. The molecule has 0 aliphatic heterocycles. The first-order valence-corrected chi connectivity index (χ1v) is 6.59. The molecule has 0 atom stereocenters. The van der Waals surface area contributed by atoms with E-state index in [1.165, 1.54) is 17.4 Å². The second-order valence-electron chi connectivity index (χ2n) is 4.70. The zero-order valence-electron chi connectivity index (χ0n) is 10.7. The summed E-state index contributed by atoms with van der Waals surface area (Å²) in [6.45, 7) is 3.90. The molecule has 1 aromatic heterocycles. The highest BCUT2D eigenvalue weighted by atomic mass is 32.1. The van der Waals surface area contributed by atoms with Gasteiger partial charge in [-0.1, -0.05) is 0 Å². The lowest BCUT2D eigenvalue weighted by atomic mass is 10.0. The molecule has 2 aromatic rings. The van der Waals surface area contributed by atoms with Crippen molar-refractivity contribution in [2.75, 3.05) is 11.1 Å². The van der Waals surface area contributed by atoms with E-state index in [1.54, 1.807) is 18.3 Å². The molecule has 0 spiro atoms. The quantitative estimate of drug-likeness (QED) is 0.748. The maximum absolute atomic E-state index is 11.2. The molecule has 6 heteroatoms. The average molecular weight is 277 g/mol. The summed E-state index contributed by atoms with van der Waals surface area (Å²) in [4.78, 5) is 15.5. The fourth-order valence-corrected chi connectivity index (χ4v) is 2.49. The predicted molar refractivity (Wildman–Crippen MR) is 76.6 cm³/mol. The molecule has 0 bridgehead atoms. The van der Waals surface area contributed by atoms with Gasteiger partial charge in [-0.05, 0) is 32.0 Å². The summed E-state index contributed by atoms with van der Waals surface area (Å²) in [7, 11) is 0. The second kappa shape index (κ2) is 4.89. The van der Waals surface area contributed by atoms with E-state index in [4.69, 9.17) is 5.73 Å². The summed E-state index contributed by atoms with van der Waals surface area (Å²) in [6.07, 6.45) is 1.73. The highest BCUT2D eigenvalue weighted by molar-refractivity contribution is 7.09. The van der Waals surface area contributed by atoms with E-state index in [0.29, 0.717) is 11.4 Å². The van der Waals surface area contributed by atoms with Crippen LogP contribution < -0.4 is 11.1 Å². The normalized spacial score (nSPS) is 11.3. The van der Waals surface area contributed by atoms with Gasteiger partial charge in [-0.15, -0.1) is 11.3 Å². The number of nitrogen functional groups attached to an aromatic ring is 1. The number of nitrogens with zero attached hydrogens (tertiary/aromatic N) is 1. The van der Waals surface area contributed by atoms with Crippen LogP contribution in [0.3, 0.4) is 0 Å². The van der Waals surface area contributed by atoms with Gasteiger partial charge in [0.15, 0.2) is 0 Å². The number of benzene rings is 1. The third-order valence-corrected chi connectivity index (χ3v) is 3.78. The Kier molecular flexibility index (Phi) is 3.44. The molecule has 0 saturated carbocycles. The van der Waals surface area contributed by atoms with Gasteiger partial charge in [-0.25, -0.2) is 9.78 Å². The summed E-state index contributed by atoms with van der Waals surface area (Å²) >= 11 is 1.52. The van der Waals surface area contributed by atoms with Crippen molar-refractivity contribution in [3.8, 4) is 0 Å². The number of nitrogens with one attached hydrogen (secondary N) is 1. The van der Waals surface area contributed by atoms with Crippen LogP contribution in [0.1, 0.15) is 29.2 Å². The van der Waals surface area contributed by atoms with Gasteiger partial charge in [0, 0.05) is 23.0 Å². The minimum atomic E-state index is -1.01. The van der Waals surface area contributed by atoms with Crippen molar-refractivity contribution < 1.29 is 9.90 Å². The second-order valence-corrected chi connectivity index (χ2v) is 5.59. The van der Waals surface area contributed by atoms with Crippen molar-refractivity contribution in [1.82, 2.24) is 4.98 Å².